The third-order valence-electron chi connectivity index (χ3n) is 10.9. The minimum Gasteiger partial charge on any atom is -0.430 e. The van der Waals surface area contributed by atoms with Crippen molar-refractivity contribution in [3.63, 3.8) is 0 Å². The molecule has 1 fully saturated rings. The molecule has 1 aliphatic heterocycles. The zero-order valence-electron chi connectivity index (χ0n) is 34.2. The molecule has 1 heterocycles. The SMILES string of the molecule is CCCCCCC/C=C/CCCCCCCCCCCCC/C=C1/OC(=O)C1CCCCCCCCCCCCC/C=C/CCCCCCC. The van der Waals surface area contributed by atoms with E-state index in [1.54, 1.807) is 0 Å². The van der Waals surface area contributed by atoms with Crippen LogP contribution in [0.5, 0.6) is 0 Å². The Bertz CT molecular complexity index is 792. The lowest BCUT2D eigenvalue weighted by Gasteiger charge is -2.28. The van der Waals surface area contributed by atoms with Gasteiger partial charge in [0.1, 0.15) is 11.7 Å². The number of rotatable bonds is 40. The van der Waals surface area contributed by atoms with Gasteiger partial charge in [-0.25, -0.2) is 0 Å². The molecule has 0 spiro atoms. The molecule has 2 nitrogen and oxygen atoms in total. The van der Waals surface area contributed by atoms with Crippen LogP contribution in [0.2, 0.25) is 0 Å². The lowest BCUT2D eigenvalue weighted by atomic mass is 9.93. The van der Waals surface area contributed by atoms with E-state index in [2.05, 4.69) is 44.2 Å². The molecule has 2 heteroatoms. The molecule has 0 bridgehead atoms. The molecule has 292 valence electrons. The summed E-state index contributed by atoms with van der Waals surface area (Å²) in [6.45, 7) is 4.57. The zero-order valence-corrected chi connectivity index (χ0v) is 34.2. The summed E-state index contributed by atoms with van der Waals surface area (Å²) >= 11 is 0. The van der Waals surface area contributed by atoms with Gasteiger partial charge in [-0.2, -0.15) is 0 Å². The highest BCUT2D eigenvalue weighted by Crippen LogP contribution is 2.32. The normalized spacial score (nSPS) is 15.5. The highest BCUT2D eigenvalue weighted by molar-refractivity contribution is 5.82. The molecule has 0 radical (unpaired) electrons. The highest BCUT2D eigenvalue weighted by atomic mass is 16.6. The summed E-state index contributed by atoms with van der Waals surface area (Å²) in [7, 11) is 0. The summed E-state index contributed by atoms with van der Waals surface area (Å²) in [6.07, 6.45) is 63.1. The number of allylic oxidation sites excluding steroid dienone is 5. The lowest BCUT2D eigenvalue weighted by molar-refractivity contribution is -0.157. The van der Waals surface area contributed by atoms with Crippen LogP contribution in [-0.4, -0.2) is 5.97 Å². The van der Waals surface area contributed by atoms with Crippen LogP contribution >= 0.6 is 0 Å². The number of hydrogen-bond donors (Lipinski definition) is 0. The molecule has 0 aromatic rings. The van der Waals surface area contributed by atoms with E-state index in [1.165, 1.54) is 231 Å². The smallest absolute Gasteiger partial charge is 0.321 e. The van der Waals surface area contributed by atoms with Gasteiger partial charge in [0, 0.05) is 0 Å². The molecular weight excluding hydrogens is 609 g/mol. The number of cyclic esters (lactones) is 1. The molecule has 0 amide bonds. The van der Waals surface area contributed by atoms with Gasteiger partial charge in [0.25, 0.3) is 0 Å². The molecule has 0 aromatic carbocycles. The largest absolute Gasteiger partial charge is 0.430 e. The van der Waals surface area contributed by atoms with E-state index in [1.807, 2.05) is 0 Å². The average molecular weight is 697 g/mol. The van der Waals surface area contributed by atoms with Crippen molar-refractivity contribution in [1.82, 2.24) is 0 Å². The number of unbranched alkanes of at least 4 members (excludes halogenated alkanes) is 33. The molecule has 1 aliphatic rings. The summed E-state index contributed by atoms with van der Waals surface area (Å²) in [6, 6.07) is 0. The fourth-order valence-corrected chi connectivity index (χ4v) is 7.41. The Balaban J connectivity index is 1.81. The molecule has 0 saturated carbocycles. The molecule has 50 heavy (non-hydrogen) atoms. The number of carbonyl (C=O) groups excluding carboxylic acids is 1. The van der Waals surface area contributed by atoms with Crippen LogP contribution in [0.1, 0.15) is 258 Å². The Labute approximate surface area is 314 Å². The van der Waals surface area contributed by atoms with Crippen LogP contribution in [0.15, 0.2) is 36.1 Å². The second kappa shape index (κ2) is 38.9. The standard InChI is InChI=1S/C48H88O2/c1-3-5-7-9-11-13-15-17-19-21-23-25-27-29-31-33-35-37-39-41-43-45-47-46(48(49)50-47)44-42-40-38-36-34-32-30-28-26-24-22-20-18-16-14-12-10-8-6-4-2/h15-18,45-46H,3-14,19-44H2,1-2H3/b17-15+,18-16+,47-45+. The topological polar surface area (TPSA) is 26.3 Å². The first-order chi connectivity index (χ1) is 24.8. The maximum absolute atomic E-state index is 12.0. The van der Waals surface area contributed by atoms with Crippen molar-refractivity contribution in [1.29, 1.82) is 0 Å². The summed E-state index contributed by atoms with van der Waals surface area (Å²) < 4.78 is 5.41. The Morgan fingerprint density at radius 3 is 0.980 bits per heavy atom. The van der Waals surface area contributed by atoms with Gasteiger partial charge in [-0.1, -0.05) is 212 Å². The molecule has 1 saturated heterocycles. The van der Waals surface area contributed by atoms with Crippen molar-refractivity contribution in [2.45, 2.75) is 258 Å². The number of esters is 1. The summed E-state index contributed by atoms with van der Waals surface area (Å²) in [4.78, 5) is 12.0. The summed E-state index contributed by atoms with van der Waals surface area (Å²) in [5.41, 5.74) is 0. The van der Waals surface area contributed by atoms with Gasteiger partial charge in [-0.05, 0) is 76.7 Å². The van der Waals surface area contributed by atoms with E-state index in [0.29, 0.717) is 0 Å². The van der Waals surface area contributed by atoms with Crippen LogP contribution in [-0.2, 0) is 9.53 Å². The fourth-order valence-electron chi connectivity index (χ4n) is 7.41. The minimum absolute atomic E-state index is 0.0189. The van der Waals surface area contributed by atoms with Gasteiger partial charge < -0.3 is 4.74 Å². The molecule has 1 unspecified atom stereocenters. The zero-order chi connectivity index (χ0) is 35.8. The number of ether oxygens (including phenoxy) is 1. The van der Waals surface area contributed by atoms with Crippen molar-refractivity contribution in [2.75, 3.05) is 0 Å². The fraction of sp³-hybridized carbons (Fsp3) is 0.854. The third kappa shape index (κ3) is 31.4. The maximum atomic E-state index is 12.0. The van der Waals surface area contributed by atoms with E-state index < -0.39 is 0 Å². The Morgan fingerprint density at radius 1 is 0.380 bits per heavy atom. The molecule has 0 N–H and O–H groups in total. The van der Waals surface area contributed by atoms with Crippen LogP contribution in [0, 0.1) is 5.92 Å². The summed E-state index contributed by atoms with van der Waals surface area (Å²) in [5.74, 6) is 1.07. The van der Waals surface area contributed by atoms with Gasteiger partial charge in [-0.3, -0.25) is 4.79 Å². The predicted molar refractivity (Wildman–Crippen MR) is 223 cm³/mol. The first-order valence-electron chi connectivity index (χ1n) is 23.0. The second-order valence-electron chi connectivity index (χ2n) is 15.9. The van der Waals surface area contributed by atoms with Gasteiger partial charge in [-0.15, -0.1) is 0 Å². The highest BCUT2D eigenvalue weighted by Gasteiger charge is 2.36. The molecule has 1 rings (SSSR count). The molecule has 0 aromatic heterocycles. The Morgan fingerprint density at radius 2 is 0.660 bits per heavy atom. The van der Waals surface area contributed by atoms with Crippen LogP contribution in [0.3, 0.4) is 0 Å². The van der Waals surface area contributed by atoms with Crippen molar-refractivity contribution in [3.8, 4) is 0 Å². The molecule has 0 aliphatic carbocycles. The average Bonchev–Trinajstić information content (AvgIpc) is 3.12. The van der Waals surface area contributed by atoms with Crippen molar-refractivity contribution < 1.29 is 9.53 Å². The van der Waals surface area contributed by atoms with Crippen molar-refractivity contribution in [3.05, 3.63) is 36.1 Å². The Hall–Kier alpha value is -1.31. The first kappa shape index (κ1) is 46.7. The van der Waals surface area contributed by atoms with E-state index in [-0.39, 0.29) is 11.9 Å². The predicted octanol–water partition coefficient (Wildman–Crippen LogP) is 17.0. The van der Waals surface area contributed by atoms with E-state index >= 15 is 0 Å². The van der Waals surface area contributed by atoms with Gasteiger partial charge in [0.15, 0.2) is 0 Å². The van der Waals surface area contributed by atoms with Crippen molar-refractivity contribution >= 4 is 5.97 Å². The van der Waals surface area contributed by atoms with Gasteiger partial charge >= 0.3 is 5.97 Å². The first-order valence-corrected chi connectivity index (χ1v) is 23.0. The van der Waals surface area contributed by atoms with Gasteiger partial charge in [0.2, 0.25) is 0 Å². The van der Waals surface area contributed by atoms with Crippen LogP contribution < -0.4 is 0 Å². The van der Waals surface area contributed by atoms with Gasteiger partial charge in [0.05, 0.1) is 0 Å². The van der Waals surface area contributed by atoms with Crippen LogP contribution in [0.25, 0.3) is 0 Å². The number of carbonyl (C=O) groups is 1. The molecular formula is C48H88O2. The summed E-state index contributed by atoms with van der Waals surface area (Å²) in [5, 5.41) is 0. The van der Waals surface area contributed by atoms with E-state index in [0.717, 1.165) is 18.6 Å². The van der Waals surface area contributed by atoms with Crippen LogP contribution in [0.4, 0.5) is 0 Å². The third-order valence-corrected chi connectivity index (χ3v) is 10.9. The Kier molecular flexibility index (Phi) is 36.4. The second-order valence-corrected chi connectivity index (χ2v) is 15.9. The van der Waals surface area contributed by atoms with E-state index in [4.69, 9.17) is 4.74 Å². The van der Waals surface area contributed by atoms with Crippen molar-refractivity contribution in [2.24, 2.45) is 5.92 Å². The maximum Gasteiger partial charge on any atom is 0.321 e. The quantitative estimate of drug-likeness (QED) is 0.0362. The molecule has 1 atom stereocenters. The lowest BCUT2D eigenvalue weighted by Crippen LogP contribution is -2.32. The monoisotopic (exact) mass is 697 g/mol. The minimum atomic E-state index is 0.0189. The number of hydrogen-bond acceptors (Lipinski definition) is 2. The van der Waals surface area contributed by atoms with E-state index in [9.17, 15) is 4.79 Å².